The van der Waals surface area contributed by atoms with Crippen LogP contribution in [0.3, 0.4) is 0 Å². The number of hydrogen-bond donors (Lipinski definition) is 2. The van der Waals surface area contributed by atoms with Crippen LogP contribution in [0.15, 0.2) is 30.3 Å². The maximum atomic E-state index is 12.9. The second kappa shape index (κ2) is 7.96. The number of hydrogen-bond acceptors (Lipinski definition) is 6. The van der Waals surface area contributed by atoms with Gasteiger partial charge in [-0.25, -0.2) is 4.79 Å². The Balaban J connectivity index is 1.66. The molecule has 0 amide bonds. The molecule has 0 spiro atoms. The van der Waals surface area contributed by atoms with Gasteiger partial charge < -0.3 is 24.4 Å². The van der Waals surface area contributed by atoms with Crippen molar-refractivity contribution in [1.82, 2.24) is 0 Å². The van der Waals surface area contributed by atoms with E-state index in [0.29, 0.717) is 12.0 Å². The van der Waals surface area contributed by atoms with Crippen molar-refractivity contribution in [3.05, 3.63) is 52.6 Å². The van der Waals surface area contributed by atoms with Gasteiger partial charge in [-0.15, -0.1) is 0 Å². The van der Waals surface area contributed by atoms with Gasteiger partial charge in [-0.1, -0.05) is 25.5 Å². The summed E-state index contributed by atoms with van der Waals surface area (Å²) in [6, 6.07) is 5.74. The van der Waals surface area contributed by atoms with Crippen LogP contribution in [0.1, 0.15) is 59.3 Å². The zero-order valence-electron chi connectivity index (χ0n) is 16.6. The van der Waals surface area contributed by atoms with Crippen molar-refractivity contribution in [3.63, 3.8) is 0 Å². The third-order valence-corrected chi connectivity index (χ3v) is 5.45. The van der Waals surface area contributed by atoms with Crippen molar-refractivity contribution < 1.29 is 42.4 Å². The van der Waals surface area contributed by atoms with Crippen molar-refractivity contribution in [2.24, 2.45) is 0 Å². The van der Waals surface area contributed by atoms with E-state index in [1.807, 2.05) is 6.92 Å². The first-order valence-electron chi connectivity index (χ1n) is 9.93. The predicted molar refractivity (Wildman–Crippen MR) is 102 cm³/mol. The summed E-state index contributed by atoms with van der Waals surface area (Å²) in [6.45, 7) is 1.64. The highest BCUT2D eigenvalue weighted by molar-refractivity contribution is 5.97. The van der Waals surface area contributed by atoms with E-state index in [1.165, 1.54) is 18.2 Å². The van der Waals surface area contributed by atoms with E-state index in [4.69, 9.17) is 14.2 Å². The molecule has 166 valence electrons. The molecule has 3 atom stereocenters. The molecule has 0 aromatic heterocycles. The molecule has 0 unspecified atom stereocenters. The van der Waals surface area contributed by atoms with E-state index in [0.717, 1.165) is 25.0 Å². The minimum atomic E-state index is -4.52. The van der Waals surface area contributed by atoms with Gasteiger partial charge in [-0.05, 0) is 30.2 Å². The highest BCUT2D eigenvalue weighted by atomic mass is 19.4. The normalized spacial score (nSPS) is 22.6. The smallest absolute Gasteiger partial charge is 0.416 e. The molecule has 31 heavy (non-hydrogen) atoms. The molecular weight excluding hydrogens is 417 g/mol. The lowest BCUT2D eigenvalue weighted by molar-refractivity contribution is -0.137. The second-order valence-electron chi connectivity index (χ2n) is 7.67. The van der Waals surface area contributed by atoms with Gasteiger partial charge in [-0.2, -0.15) is 13.2 Å². The van der Waals surface area contributed by atoms with Crippen LogP contribution in [0.2, 0.25) is 0 Å². The Hall–Kier alpha value is -2.94. The predicted octanol–water partition coefficient (Wildman–Crippen LogP) is 4.86. The minimum Gasteiger partial charge on any atom is -0.504 e. The van der Waals surface area contributed by atoms with Crippen LogP contribution in [0.4, 0.5) is 13.2 Å². The minimum absolute atomic E-state index is 0.0966. The van der Waals surface area contributed by atoms with Crippen LogP contribution in [-0.4, -0.2) is 28.4 Å². The molecule has 4 rings (SSSR count). The summed E-state index contributed by atoms with van der Waals surface area (Å²) in [6.07, 6.45) is -3.57. The van der Waals surface area contributed by atoms with Gasteiger partial charge >= 0.3 is 12.1 Å². The number of ether oxygens (including phenoxy) is 3. The number of halogens is 3. The van der Waals surface area contributed by atoms with Gasteiger partial charge in [0.1, 0.15) is 24.4 Å². The molecule has 2 heterocycles. The quantitative estimate of drug-likeness (QED) is 0.512. The van der Waals surface area contributed by atoms with Crippen molar-refractivity contribution in [2.75, 3.05) is 0 Å². The summed E-state index contributed by atoms with van der Waals surface area (Å²) in [5.41, 5.74) is -0.442. The van der Waals surface area contributed by atoms with Crippen molar-refractivity contribution in [1.29, 1.82) is 0 Å². The number of fused-ring (bicyclic) bond motifs is 3. The molecule has 0 bridgehead atoms. The summed E-state index contributed by atoms with van der Waals surface area (Å²) in [5.74, 6) is -2.30. The third-order valence-electron chi connectivity index (χ3n) is 5.45. The Kier molecular flexibility index (Phi) is 5.47. The molecule has 0 aliphatic carbocycles. The Labute approximate surface area is 176 Å². The van der Waals surface area contributed by atoms with Crippen molar-refractivity contribution in [3.8, 4) is 17.2 Å². The maximum absolute atomic E-state index is 12.9. The van der Waals surface area contributed by atoms with Crippen LogP contribution in [0.25, 0.3) is 0 Å². The summed E-state index contributed by atoms with van der Waals surface area (Å²) in [4.78, 5) is 12.7. The molecule has 6 nitrogen and oxygen atoms in total. The Morgan fingerprint density at radius 2 is 2.00 bits per heavy atom. The Morgan fingerprint density at radius 1 is 1.23 bits per heavy atom. The SMILES string of the molecule is CCC[C@H]1C[C@H]2OC(=O)c3c(cc(O)c(O)c3OCc3cccc(C(F)(F)F)c3)[C@H]2O1. The molecule has 1 fully saturated rings. The number of esters is 1. The first-order valence-corrected chi connectivity index (χ1v) is 9.93. The number of carbonyl (C=O) groups excluding carboxylic acids is 1. The number of aromatic hydroxyl groups is 2. The van der Waals surface area contributed by atoms with Crippen molar-refractivity contribution >= 4 is 5.97 Å². The Bertz CT molecular complexity index is 1000. The third kappa shape index (κ3) is 4.01. The van der Waals surface area contributed by atoms with E-state index in [2.05, 4.69) is 0 Å². The first kappa shape index (κ1) is 21.3. The fourth-order valence-corrected chi connectivity index (χ4v) is 4.04. The molecule has 1 saturated heterocycles. The number of phenols is 2. The lowest BCUT2D eigenvalue weighted by Gasteiger charge is -2.28. The number of benzene rings is 2. The summed E-state index contributed by atoms with van der Waals surface area (Å²) in [7, 11) is 0. The van der Waals surface area contributed by atoms with E-state index < -0.39 is 41.4 Å². The molecule has 2 aromatic rings. The fourth-order valence-electron chi connectivity index (χ4n) is 4.04. The number of carbonyl (C=O) groups is 1. The second-order valence-corrected chi connectivity index (χ2v) is 7.67. The van der Waals surface area contributed by atoms with Gasteiger partial charge in [0, 0.05) is 12.0 Å². The monoisotopic (exact) mass is 438 g/mol. The lowest BCUT2D eigenvalue weighted by Crippen LogP contribution is -2.29. The molecule has 2 aliphatic rings. The van der Waals surface area contributed by atoms with Gasteiger partial charge in [-0.3, -0.25) is 0 Å². The Morgan fingerprint density at radius 3 is 2.71 bits per heavy atom. The zero-order valence-corrected chi connectivity index (χ0v) is 16.6. The topological polar surface area (TPSA) is 85.2 Å². The van der Waals surface area contributed by atoms with Crippen LogP contribution in [0.5, 0.6) is 17.2 Å². The highest BCUT2D eigenvalue weighted by Crippen LogP contribution is 2.50. The van der Waals surface area contributed by atoms with Gasteiger partial charge in [0.05, 0.1) is 11.7 Å². The average molecular weight is 438 g/mol. The van der Waals surface area contributed by atoms with Gasteiger partial charge in [0.25, 0.3) is 0 Å². The number of alkyl halides is 3. The zero-order chi connectivity index (χ0) is 22.3. The molecule has 2 aliphatic heterocycles. The highest BCUT2D eigenvalue weighted by Gasteiger charge is 2.46. The van der Waals surface area contributed by atoms with E-state index >= 15 is 0 Å². The molecule has 9 heteroatoms. The average Bonchev–Trinajstić information content (AvgIpc) is 3.11. The number of rotatable bonds is 5. The van der Waals surface area contributed by atoms with E-state index in [9.17, 15) is 28.2 Å². The van der Waals surface area contributed by atoms with Crippen LogP contribution in [0, 0.1) is 0 Å². The summed E-state index contributed by atoms with van der Waals surface area (Å²) >= 11 is 0. The summed E-state index contributed by atoms with van der Waals surface area (Å²) < 4.78 is 55.8. The van der Waals surface area contributed by atoms with E-state index in [-0.39, 0.29) is 29.6 Å². The van der Waals surface area contributed by atoms with Crippen LogP contribution >= 0.6 is 0 Å². The standard InChI is InChI=1S/C22H21F3O6/c1-2-4-13-8-16-19(30-13)14-9-15(26)18(27)20(17(14)21(28)31-16)29-10-11-5-3-6-12(7-11)22(23,24)25/h3,5-7,9,13,16,19,26-27H,2,4,8,10H2,1H3/t13-,16+,19+/m0/s1. The number of phenolic OH excluding ortho intramolecular Hbond substituents is 2. The first-order chi connectivity index (χ1) is 14.7. The molecule has 2 N–H and O–H groups in total. The van der Waals surface area contributed by atoms with Crippen molar-refractivity contribution in [2.45, 2.75) is 57.3 Å². The summed E-state index contributed by atoms with van der Waals surface area (Å²) in [5, 5.41) is 20.5. The maximum Gasteiger partial charge on any atom is 0.416 e. The van der Waals surface area contributed by atoms with Gasteiger partial charge in [0.2, 0.25) is 5.75 Å². The molecular formula is C22H21F3O6. The molecule has 0 saturated carbocycles. The van der Waals surface area contributed by atoms with Crippen LogP contribution in [-0.2, 0) is 22.3 Å². The largest absolute Gasteiger partial charge is 0.504 e. The van der Waals surface area contributed by atoms with Gasteiger partial charge in [0.15, 0.2) is 11.5 Å². The van der Waals surface area contributed by atoms with E-state index in [1.54, 1.807) is 0 Å². The van der Waals surface area contributed by atoms with Crippen LogP contribution < -0.4 is 4.74 Å². The molecule has 2 aromatic carbocycles. The molecule has 0 radical (unpaired) electrons. The fraction of sp³-hybridized carbons (Fsp3) is 0.409. The lowest BCUT2D eigenvalue weighted by atomic mass is 9.93.